The second kappa shape index (κ2) is 6.14. The number of ketones is 1. The summed E-state index contributed by atoms with van der Waals surface area (Å²) < 4.78 is 5.74. The number of carbonyl (C=O) groups excluding carboxylic acids is 1. The van der Waals surface area contributed by atoms with Crippen molar-refractivity contribution in [3.8, 4) is 0 Å². The first-order valence-electron chi connectivity index (χ1n) is 7.87. The second-order valence-electron chi connectivity index (χ2n) is 6.40. The zero-order valence-electron chi connectivity index (χ0n) is 13.9. The van der Waals surface area contributed by atoms with Gasteiger partial charge in [0, 0.05) is 0 Å². The number of aromatic amines is 1. The van der Waals surface area contributed by atoms with Crippen LogP contribution in [0.1, 0.15) is 41.8 Å². The number of rotatable bonds is 3. The molecule has 0 unspecified atom stereocenters. The normalized spacial score (nSPS) is 25.0. The number of morpholine rings is 1. The number of nitrogens with one attached hydrogen (secondary N) is 2. The highest BCUT2D eigenvalue weighted by Crippen LogP contribution is 2.27. The highest BCUT2D eigenvalue weighted by atomic mass is 32.1. The van der Waals surface area contributed by atoms with Crippen molar-refractivity contribution in [3.05, 3.63) is 26.6 Å². The van der Waals surface area contributed by atoms with Crippen LogP contribution in [0.5, 0.6) is 0 Å². The summed E-state index contributed by atoms with van der Waals surface area (Å²) in [5, 5.41) is 0.544. The maximum absolute atomic E-state index is 12.4. The molecule has 2 aromatic heterocycles. The van der Waals surface area contributed by atoms with Gasteiger partial charge in [-0.3, -0.25) is 9.59 Å². The van der Waals surface area contributed by atoms with E-state index < -0.39 is 0 Å². The molecule has 124 valence electrons. The van der Waals surface area contributed by atoms with Gasteiger partial charge in [-0.15, -0.1) is 11.3 Å². The van der Waals surface area contributed by atoms with Gasteiger partial charge < -0.3 is 14.6 Å². The molecule has 1 saturated heterocycles. The molecule has 1 aliphatic heterocycles. The van der Waals surface area contributed by atoms with E-state index in [0.29, 0.717) is 27.5 Å². The monoisotopic (exact) mass is 336 g/mol. The molecule has 3 rings (SSSR count). The first-order chi connectivity index (χ1) is 10.8. The second-order valence-corrected chi connectivity index (χ2v) is 7.40. The van der Waals surface area contributed by atoms with E-state index in [0.717, 1.165) is 18.7 Å². The first-order valence-corrected chi connectivity index (χ1v) is 8.69. The van der Waals surface area contributed by atoms with Crippen molar-refractivity contribution in [3.63, 3.8) is 0 Å². The summed E-state index contributed by atoms with van der Waals surface area (Å²) >= 11 is 1.31. The summed E-state index contributed by atoms with van der Waals surface area (Å²) in [4.78, 5) is 34.2. The fraction of sp³-hybridized carbons (Fsp3) is 0.562. The topological polar surface area (TPSA) is 76.5 Å². The summed E-state index contributed by atoms with van der Waals surface area (Å²) in [6, 6.07) is 0. The van der Waals surface area contributed by atoms with Gasteiger partial charge in [0.1, 0.15) is 36.7 Å². The van der Waals surface area contributed by atoms with Crippen LogP contribution >= 0.6 is 11.3 Å². The molecule has 0 spiro atoms. The Bertz CT molecular complexity index is 801. The maximum Gasteiger partial charge on any atom is 0.260 e. The minimum absolute atomic E-state index is 0.0205. The molecule has 23 heavy (non-hydrogen) atoms. The molecule has 7 heteroatoms. The van der Waals surface area contributed by atoms with Crippen molar-refractivity contribution < 1.29 is 14.4 Å². The van der Waals surface area contributed by atoms with Crippen molar-refractivity contribution in [1.82, 2.24) is 9.97 Å². The molecule has 0 amide bonds. The number of fused-ring (bicyclic) bond motifs is 1. The van der Waals surface area contributed by atoms with E-state index in [-0.39, 0.29) is 23.6 Å². The van der Waals surface area contributed by atoms with Crippen LogP contribution in [-0.2, 0) is 11.3 Å². The Morgan fingerprint density at radius 1 is 1.39 bits per heavy atom. The maximum atomic E-state index is 12.4. The molecule has 0 aromatic carbocycles. The quantitative estimate of drug-likeness (QED) is 0.809. The van der Waals surface area contributed by atoms with Crippen molar-refractivity contribution in [2.24, 2.45) is 0 Å². The number of thiophene rings is 1. The number of aryl methyl sites for hydroxylation is 1. The summed E-state index contributed by atoms with van der Waals surface area (Å²) in [7, 11) is 0. The Morgan fingerprint density at radius 3 is 2.65 bits per heavy atom. The average Bonchev–Trinajstić information content (AvgIpc) is 2.75. The number of ether oxygens (including phenoxy) is 1. The van der Waals surface area contributed by atoms with Gasteiger partial charge in [0.2, 0.25) is 0 Å². The van der Waals surface area contributed by atoms with E-state index in [9.17, 15) is 9.59 Å². The molecule has 2 N–H and O–H groups in total. The minimum atomic E-state index is -0.153. The molecule has 3 heterocycles. The highest BCUT2D eigenvalue weighted by molar-refractivity contribution is 7.20. The van der Waals surface area contributed by atoms with Crippen molar-refractivity contribution in [2.75, 3.05) is 13.1 Å². The van der Waals surface area contributed by atoms with Crippen LogP contribution in [0.25, 0.3) is 10.2 Å². The number of carbonyl (C=O) groups is 1. The number of nitrogens with zero attached hydrogens (tertiary/aromatic N) is 1. The van der Waals surface area contributed by atoms with E-state index in [4.69, 9.17) is 4.74 Å². The number of hydrogen-bond donors (Lipinski definition) is 2. The lowest BCUT2D eigenvalue weighted by molar-refractivity contribution is -0.928. The molecule has 1 fully saturated rings. The Morgan fingerprint density at radius 2 is 2.04 bits per heavy atom. The molecule has 1 aliphatic rings. The molecule has 2 atom stereocenters. The van der Waals surface area contributed by atoms with E-state index in [2.05, 4.69) is 23.8 Å². The van der Waals surface area contributed by atoms with Crippen LogP contribution in [0.15, 0.2) is 4.79 Å². The third-order valence-corrected chi connectivity index (χ3v) is 5.49. The van der Waals surface area contributed by atoms with Gasteiger partial charge in [0.15, 0.2) is 11.6 Å². The zero-order chi connectivity index (χ0) is 16.7. The molecule has 0 aliphatic carbocycles. The first kappa shape index (κ1) is 16.3. The van der Waals surface area contributed by atoms with Gasteiger partial charge in [-0.2, -0.15) is 0 Å². The Hall–Kier alpha value is -1.57. The lowest BCUT2D eigenvalue weighted by Crippen LogP contribution is -3.14. The SMILES string of the molecule is CC(=O)c1sc2nc(C[NH+]3C[C@@H](C)O[C@H](C)C3)[nH]c(=O)c2c1C. The molecular formula is C16H22N3O3S+. The number of H-pyrrole nitrogens is 1. The number of Topliss-reactive ketones (excluding diaryl/α,β-unsaturated/α-hetero) is 1. The average molecular weight is 336 g/mol. The summed E-state index contributed by atoms with van der Waals surface area (Å²) in [5.41, 5.74) is 0.582. The fourth-order valence-electron chi connectivity index (χ4n) is 3.38. The largest absolute Gasteiger partial charge is 0.364 e. The van der Waals surface area contributed by atoms with E-state index >= 15 is 0 Å². The van der Waals surface area contributed by atoms with Gasteiger partial charge >= 0.3 is 0 Å². The van der Waals surface area contributed by atoms with Crippen molar-refractivity contribution in [1.29, 1.82) is 0 Å². The molecule has 0 saturated carbocycles. The highest BCUT2D eigenvalue weighted by Gasteiger charge is 2.26. The summed E-state index contributed by atoms with van der Waals surface area (Å²) in [5.74, 6) is 0.656. The number of hydrogen-bond acceptors (Lipinski definition) is 5. The van der Waals surface area contributed by atoms with Gasteiger partial charge in [-0.1, -0.05) is 0 Å². The molecular weight excluding hydrogens is 314 g/mol. The third-order valence-electron chi connectivity index (χ3n) is 4.20. The van der Waals surface area contributed by atoms with E-state index in [1.807, 2.05) is 6.92 Å². The van der Waals surface area contributed by atoms with Gasteiger partial charge in [0.25, 0.3) is 5.56 Å². The number of aromatic nitrogens is 2. The van der Waals surface area contributed by atoms with Crippen LogP contribution in [0.2, 0.25) is 0 Å². The summed E-state index contributed by atoms with van der Waals surface area (Å²) in [6.07, 6.45) is 0.412. The lowest BCUT2D eigenvalue weighted by Gasteiger charge is -2.32. The van der Waals surface area contributed by atoms with E-state index in [1.165, 1.54) is 23.2 Å². The predicted octanol–water partition coefficient (Wildman–Crippen LogP) is 0.688. The Kier molecular flexibility index (Phi) is 4.35. The van der Waals surface area contributed by atoms with Crippen molar-refractivity contribution >= 4 is 27.3 Å². The van der Waals surface area contributed by atoms with Crippen molar-refractivity contribution in [2.45, 2.75) is 46.4 Å². The number of quaternary nitrogens is 1. The molecule has 0 bridgehead atoms. The van der Waals surface area contributed by atoms with Crippen LogP contribution in [-0.4, -0.2) is 41.0 Å². The summed E-state index contributed by atoms with van der Waals surface area (Å²) in [6.45, 7) is 9.92. The smallest absolute Gasteiger partial charge is 0.260 e. The molecule has 6 nitrogen and oxygen atoms in total. The Balaban J connectivity index is 1.94. The Labute approximate surface area is 138 Å². The molecule has 0 radical (unpaired) electrons. The van der Waals surface area contributed by atoms with Gasteiger partial charge in [-0.05, 0) is 33.3 Å². The third kappa shape index (κ3) is 3.22. The zero-order valence-corrected chi connectivity index (χ0v) is 14.7. The van der Waals surface area contributed by atoms with E-state index in [1.54, 1.807) is 0 Å². The van der Waals surface area contributed by atoms with Gasteiger partial charge in [-0.25, -0.2) is 4.98 Å². The van der Waals surface area contributed by atoms with Crippen LogP contribution < -0.4 is 10.5 Å². The van der Waals surface area contributed by atoms with Crippen LogP contribution in [0, 0.1) is 6.92 Å². The lowest BCUT2D eigenvalue weighted by atomic mass is 10.2. The predicted molar refractivity (Wildman–Crippen MR) is 89.4 cm³/mol. The molecule has 2 aromatic rings. The fourth-order valence-corrected chi connectivity index (χ4v) is 4.47. The van der Waals surface area contributed by atoms with Gasteiger partial charge in [0.05, 0.1) is 10.3 Å². The van der Waals surface area contributed by atoms with Crippen LogP contribution in [0.3, 0.4) is 0 Å². The van der Waals surface area contributed by atoms with Crippen LogP contribution in [0.4, 0.5) is 0 Å². The minimum Gasteiger partial charge on any atom is -0.364 e. The standard InChI is InChI=1S/C16H21N3O3S/c1-8-5-19(6-9(2)22-8)7-12-17-15(21)13-10(3)14(11(4)20)23-16(13)18-12/h8-9H,5-7H2,1-4H3,(H,17,18,21)/p+1/t8-,9-/m1/s1.